The lowest BCUT2D eigenvalue weighted by Gasteiger charge is -2.09. The van der Waals surface area contributed by atoms with Crippen molar-refractivity contribution in [3.8, 4) is 0 Å². The van der Waals surface area contributed by atoms with Crippen LogP contribution in [0.25, 0.3) is 0 Å². The Hall–Kier alpha value is -3.19. The number of esters is 1. The van der Waals surface area contributed by atoms with Gasteiger partial charge in [0, 0.05) is 11.3 Å². The van der Waals surface area contributed by atoms with E-state index in [1.807, 2.05) is 12.1 Å². The zero-order valence-corrected chi connectivity index (χ0v) is 14.6. The molecule has 3 aromatic rings. The summed E-state index contributed by atoms with van der Waals surface area (Å²) in [6.07, 6.45) is 3.09. The SMILES string of the molecule is COC(=O)c1cc(NC(=O)c2ccc(Cn3cncn3)cc2)ccc1Cl. The summed E-state index contributed by atoms with van der Waals surface area (Å²) in [5.74, 6) is -0.862. The average molecular weight is 371 g/mol. The summed E-state index contributed by atoms with van der Waals surface area (Å²) in [7, 11) is 1.27. The van der Waals surface area contributed by atoms with Crippen molar-refractivity contribution in [3.05, 3.63) is 76.8 Å². The minimum atomic E-state index is -0.566. The minimum absolute atomic E-state index is 0.190. The number of ether oxygens (including phenoxy) is 1. The molecule has 1 heterocycles. The van der Waals surface area contributed by atoms with Crippen molar-refractivity contribution in [3.63, 3.8) is 0 Å². The minimum Gasteiger partial charge on any atom is -0.465 e. The maximum atomic E-state index is 12.4. The Labute approximate surface area is 154 Å². The van der Waals surface area contributed by atoms with Crippen LogP contribution in [0.3, 0.4) is 0 Å². The first kappa shape index (κ1) is 17.6. The average Bonchev–Trinajstić information content (AvgIpc) is 3.16. The number of anilines is 1. The van der Waals surface area contributed by atoms with E-state index in [1.165, 1.54) is 25.6 Å². The molecule has 0 atom stereocenters. The van der Waals surface area contributed by atoms with Crippen LogP contribution in [0.2, 0.25) is 5.02 Å². The molecule has 1 aromatic heterocycles. The molecule has 0 bridgehead atoms. The molecule has 2 aromatic carbocycles. The topological polar surface area (TPSA) is 86.1 Å². The highest BCUT2D eigenvalue weighted by molar-refractivity contribution is 6.33. The van der Waals surface area contributed by atoms with Crippen molar-refractivity contribution in [2.45, 2.75) is 6.54 Å². The van der Waals surface area contributed by atoms with Crippen LogP contribution in [-0.2, 0) is 11.3 Å². The summed E-state index contributed by atoms with van der Waals surface area (Å²) in [5.41, 5.74) is 2.12. The van der Waals surface area contributed by atoms with Crippen molar-refractivity contribution in [1.29, 1.82) is 0 Å². The van der Waals surface area contributed by atoms with Crippen LogP contribution in [-0.4, -0.2) is 33.8 Å². The van der Waals surface area contributed by atoms with E-state index in [9.17, 15) is 9.59 Å². The zero-order valence-electron chi connectivity index (χ0n) is 13.8. The van der Waals surface area contributed by atoms with Gasteiger partial charge in [0.25, 0.3) is 5.91 Å². The Morgan fingerprint density at radius 1 is 1.19 bits per heavy atom. The Balaban J connectivity index is 1.71. The summed E-state index contributed by atoms with van der Waals surface area (Å²) < 4.78 is 6.36. The molecule has 0 aliphatic carbocycles. The number of hydrogen-bond donors (Lipinski definition) is 1. The zero-order chi connectivity index (χ0) is 18.5. The fourth-order valence-corrected chi connectivity index (χ4v) is 2.53. The van der Waals surface area contributed by atoms with E-state index >= 15 is 0 Å². The first-order valence-electron chi connectivity index (χ1n) is 7.67. The molecular weight excluding hydrogens is 356 g/mol. The van der Waals surface area contributed by atoms with Gasteiger partial charge in [-0.1, -0.05) is 23.7 Å². The van der Waals surface area contributed by atoms with E-state index in [-0.39, 0.29) is 16.5 Å². The number of amides is 1. The van der Waals surface area contributed by atoms with Crippen LogP contribution in [0, 0.1) is 0 Å². The molecule has 0 radical (unpaired) electrons. The Bertz CT molecular complexity index is 924. The standard InChI is InChI=1S/C18H15ClN4O3/c1-26-18(25)15-8-14(6-7-16(15)19)22-17(24)13-4-2-12(3-5-13)9-23-11-20-10-21-23/h2-8,10-11H,9H2,1H3,(H,22,24). The van der Waals surface area contributed by atoms with E-state index in [0.717, 1.165) is 5.56 Å². The number of nitrogens with one attached hydrogen (secondary N) is 1. The second-order valence-corrected chi connectivity index (χ2v) is 5.84. The largest absolute Gasteiger partial charge is 0.465 e. The molecule has 132 valence electrons. The van der Waals surface area contributed by atoms with Gasteiger partial charge in [-0.05, 0) is 35.9 Å². The summed E-state index contributed by atoms with van der Waals surface area (Å²) >= 11 is 5.97. The van der Waals surface area contributed by atoms with Crippen molar-refractivity contribution >= 4 is 29.2 Å². The van der Waals surface area contributed by atoms with Gasteiger partial charge in [0.05, 0.1) is 24.2 Å². The third-order valence-electron chi connectivity index (χ3n) is 3.66. The van der Waals surface area contributed by atoms with E-state index in [2.05, 4.69) is 20.1 Å². The predicted octanol–water partition coefficient (Wildman–Crippen LogP) is 3.02. The maximum Gasteiger partial charge on any atom is 0.339 e. The number of nitrogens with zero attached hydrogens (tertiary/aromatic N) is 3. The molecule has 7 nitrogen and oxygen atoms in total. The second kappa shape index (κ2) is 7.79. The summed E-state index contributed by atoms with van der Waals surface area (Å²) in [6.45, 7) is 0.571. The van der Waals surface area contributed by atoms with Crippen LogP contribution in [0.4, 0.5) is 5.69 Å². The third kappa shape index (κ3) is 4.07. The number of benzene rings is 2. The Morgan fingerprint density at radius 2 is 1.96 bits per heavy atom. The molecular formula is C18H15ClN4O3. The molecule has 8 heteroatoms. The fraction of sp³-hybridized carbons (Fsp3) is 0.111. The van der Waals surface area contributed by atoms with Crippen LogP contribution in [0.15, 0.2) is 55.1 Å². The number of carbonyl (C=O) groups excluding carboxylic acids is 2. The monoisotopic (exact) mass is 370 g/mol. The highest BCUT2D eigenvalue weighted by Gasteiger charge is 2.13. The van der Waals surface area contributed by atoms with Crippen molar-refractivity contribution in [2.75, 3.05) is 12.4 Å². The van der Waals surface area contributed by atoms with Gasteiger partial charge in [-0.25, -0.2) is 14.5 Å². The molecule has 1 amide bonds. The first-order chi connectivity index (χ1) is 12.6. The number of halogens is 1. The first-order valence-corrected chi connectivity index (χ1v) is 8.05. The molecule has 0 aliphatic heterocycles. The summed E-state index contributed by atoms with van der Waals surface area (Å²) in [4.78, 5) is 28.0. The highest BCUT2D eigenvalue weighted by Crippen LogP contribution is 2.22. The molecule has 0 saturated heterocycles. The van der Waals surface area contributed by atoms with Crippen LogP contribution >= 0.6 is 11.6 Å². The number of hydrogen-bond acceptors (Lipinski definition) is 5. The molecule has 26 heavy (non-hydrogen) atoms. The highest BCUT2D eigenvalue weighted by atomic mass is 35.5. The van der Waals surface area contributed by atoms with E-state index in [0.29, 0.717) is 17.8 Å². The van der Waals surface area contributed by atoms with Gasteiger partial charge in [0.1, 0.15) is 12.7 Å². The van der Waals surface area contributed by atoms with E-state index in [1.54, 1.807) is 29.2 Å². The van der Waals surface area contributed by atoms with Gasteiger partial charge in [0.2, 0.25) is 0 Å². The van der Waals surface area contributed by atoms with E-state index < -0.39 is 5.97 Å². The lowest BCUT2D eigenvalue weighted by Crippen LogP contribution is -2.13. The summed E-state index contributed by atoms with van der Waals surface area (Å²) in [5, 5.41) is 7.03. The van der Waals surface area contributed by atoms with Gasteiger partial charge >= 0.3 is 5.97 Å². The van der Waals surface area contributed by atoms with Crippen LogP contribution in [0.5, 0.6) is 0 Å². The molecule has 0 fully saturated rings. The molecule has 1 N–H and O–H groups in total. The molecule has 0 aliphatic rings. The van der Waals surface area contributed by atoms with E-state index in [4.69, 9.17) is 11.6 Å². The van der Waals surface area contributed by atoms with Crippen LogP contribution in [0.1, 0.15) is 26.3 Å². The molecule has 0 unspecified atom stereocenters. The lowest BCUT2D eigenvalue weighted by atomic mass is 10.1. The van der Waals surface area contributed by atoms with Gasteiger partial charge in [0.15, 0.2) is 0 Å². The maximum absolute atomic E-state index is 12.4. The second-order valence-electron chi connectivity index (χ2n) is 5.43. The molecule has 3 rings (SSSR count). The van der Waals surface area contributed by atoms with Gasteiger partial charge in [-0.3, -0.25) is 4.79 Å². The lowest BCUT2D eigenvalue weighted by molar-refractivity contribution is 0.0600. The van der Waals surface area contributed by atoms with Crippen molar-refractivity contribution in [2.24, 2.45) is 0 Å². The molecule has 0 saturated carbocycles. The fourth-order valence-electron chi connectivity index (χ4n) is 2.34. The molecule has 0 spiro atoms. The van der Waals surface area contributed by atoms with Gasteiger partial charge in [-0.2, -0.15) is 5.10 Å². The van der Waals surface area contributed by atoms with Gasteiger partial charge in [-0.15, -0.1) is 0 Å². The number of methoxy groups -OCH3 is 1. The normalized spacial score (nSPS) is 10.4. The van der Waals surface area contributed by atoms with Crippen LogP contribution < -0.4 is 5.32 Å². The summed E-state index contributed by atoms with van der Waals surface area (Å²) in [6, 6.07) is 11.8. The predicted molar refractivity (Wildman–Crippen MR) is 96.3 cm³/mol. The van der Waals surface area contributed by atoms with Crippen molar-refractivity contribution < 1.29 is 14.3 Å². The quantitative estimate of drug-likeness (QED) is 0.698. The Morgan fingerprint density at radius 3 is 2.62 bits per heavy atom. The Kier molecular flexibility index (Phi) is 5.28. The number of rotatable bonds is 5. The van der Waals surface area contributed by atoms with Crippen molar-refractivity contribution in [1.82, 2.24) is 14.8 Å². The smallest absolute Gasteiger partial charge is 0.339 e. The third-order valence-corrected chi connectivity index (χ3v) is 3.99. The van der Waals surface area contributed by atoms with Gasteiger partial charge < -0.3 is 10.1 Å². The number of carbonyl (C=O) groups is 2. The number of aromatic nitrogens is 3.